The monoisotopic (exact) mass is 613 g/mol. The number of carbonyl (C=O) groups excluding carboxylic acids is 1. The molecule has 1 amide bonds. The van der Waals surface area contributed by atoms with Gasteiger partial charge in [-0.2, -0.15) is 0 Å². The van der Waals surface area contributed by atoms with E-state index >= 15 is 0 Å². The number of hydrogen-bond donors (Lipinski definition) is 2. The number of carbonyl (C=O) groups is 1. The van der Waals surface area contributed by atoms with Crippen LogP contribution in [0.15, 0.2) is 54.9 Å². The van der Waals surface area contributed by atoms with Crippen LogP contribution in [0.3, 0.4) is 0 Å². The highest BCUT2D eigenvalue weighted by Crippen LogP contribution is 2.39. The van der Waals surface area contributed by atoms with Gasteiger partial charge in [0.1, 0.15) is 17.4 Å². The van der Waals surface area contributed by atoms with Crippen LogP contribution in [0.25, 0.3) is 33.5 Å². The number of likely N-dealkylation sites (tertiary alicyclic amines) is 1. The van der Waals surface area contributed by atoms with E-state index in [1.54, 1.807) is 19.2 Å². The van der Waals surface area contributed by atoms with Crippen molar-refractivity contribution in [1.82, 2.24) is 23.6 Å². The van der Waals surface area contributed by atoms with Gasteiger partial charge >= 0.3 is 0 Å². The second-order valence-electron chi connectivity index (χ2n) is 12.2. The number of anilines is 1. The molecule has 2 aliphatic rings. The van der Waals surface area contributed by atoms with Crippen molar-refractivity contribution in [1.29, 1.82) is 0 Å². The van der Waals surface area contributed by atoms with Crippen molar-refractivity contribution in [3.63, 3.8) is 0 Å². The standard InChI is InChI=1S/C34H40FN7O3/c1-3-38-10-8-22(18-38)19-42-32-27(14-24(16-30(32)45-2)34(44)40-20-25(35)17-26(36)21-40)37-33(42)29-15-23-6-4-7-28-31(23)41(29)12-11-39(28)9-5-13-43/h4,6-8,10,14-16,18,25-26,43H,3,5,9,11-13,17,19-21,36H2,1-2H3/t25-,26-/m1/s1. The summed E-state index contributed by atoms with van der Waals surface area (Å²) in [7, 11) is 1.60. The van der Waals surface area contributed by atoms with Crippen LogP contribution < -0.4 is 15.4 Å². The van der Waals surface area contributed by atoms with E-state index in [0.717, 1.165) is 65.4 Å². The van der Waals surface area contributed by atoms with Gasteiger partial charge in [0.15, 0.2) is 5.82 Å². The molecule has 3 aromatic heterocycles. The Balaban J connectivity index is 1.39. The van der Waals surface area contributed by atoms with Crippen LogP contribution >= 0.6 is 0 Å². The summed E-state index contributed by atoms with van der Waals surface area (Å²) < 4.78 is 27.0. The number of para-hydroxylation sites is 1. The van der Waals surface area contributed by atoms with Gasteiger partial charge in [-0.15, -0.1) is 0 Å². The number of fused-ring (bicyclic) bond motifs is 1. The Hall–Kier alpha value is -4.35. The third-order valence-corrected chi connectivity index (χ3v) is 9.16. The maximum absolute atomic E-state index is 14.4. The van der Waals surface area contributed by atoms with E-state index in [4.69, 9.17) is 15.5 Å². The highest BCUT2D eigenvalue weighted by Gasteiger charge is 2.31. The van der Waals surface area contributed by atoms with Gasteiger partial charge in [-0.05, 0) is 55.7 Å². The Morgan fingerprint density at radius 1 is 1.16 bits per heavy atom. The van der Waals surface area contributed by atoms with Crippen molar-refractivity contribution in [2.45, 2.75) is 51.6 Å². The number of nitrogens with zero attached hydrogens (tertiary/aromatic N) is 6. The van der Waals surface area contributed by atoms with Crippen molar-refractivity contribution in [2.24, 2.45) is 5.73 Å². The Morgan fingerprint density at radius 2 is 2.02 bits per heavy atom. The first-order chi connectivity index (χ1) is 21.9. The molecular formula is C34H40FN7O3. The lowest BCUT2D eigenvalue weighted by atomic mass is 10.0. The summed E-state index contributed by atoms with van der Waals surface area (Å²) in [6.07, 6.45) is 4.05. The van der Waals surface area contributed by atoms with E-state index < -0.39 is 12.2 Å². The minimum atomic E-state index is -1.14. The molecule has 5 heterocycles. The molecule has 1 saturated heterocycles. The Bertz CT molecular complexity index is 1860. The normalized spacial score (nSPS) is 18.3. The fourth-order valence-corrected chi connectivity index (χ4v) is 7.06. The first kappa shape index (κ1) is 29.4. The molecule has 11 heteroatoms. The summed E-state index contributed by atoms with van der Waals surface area (Å²) >= 11 is 0. The van der Waals surface area contributed by atoms with Gasteiger partial charge in [-0.1, -0.05) is 12.1 Å². The van der Waals surface area contributed by atoms with E-state index in [9.17, 15) is 14.3 Å². The predicted molar refractivity (Wildman–Crippen MR) is 174 cm³/mol. The van der Waals surface area contributed by atoms with Crippen LogP contribution in [0.4, 0.5) is 10.1 Å². The van der Waals surface area contributed by atoms with Crippen LogP contribution in [0.1, 0.15) is 35.7 Å². The lowest BCUT2D eigenvalue weighted by Gasteiger charge is -2.33. The number of aliphatic hydroxyl groups excluding tert-OH is 1. The molecule has 2 aliphatic heterocycles. The zero-order valence-electron chi connectivity index (χ0n) is 25.8. The van der Waals surface area contributed by atoms with Crippen LogP contribution in [0, 0.1) is 0 Å². The fraction of sp³-hybridized carbons (Fsp3) is 0.412. The van der Waals surface area contributed by atoms with Crippen molar-refractivity contribution >= 4 is 33.5 Å². The number of halogens is 1. The first-order valence-corrected chi connectivity index (χ1v) is 15.8. The topological polar surface area (TPSA) is 107 Å². The van der Waals surface area contributed by atoms with E-state index in [1.165, 1.54) is 4.90 Å². The maximum atomic E-state index is 14.4. The number of rotatable bonds is 9. The number of alkyl halides is 1. The molecule has 0 unspecified atom stereocenters. The predicted octanol–water partition coefficient (Wildman–Crippen LogP) is 4.25. The number of amides is 1. The molecule has 236 valence electrons. The van der Waals surface area contributed by atoms with E-state index in [2.05, 4.69) is 68.3 Å². The first-order valence-electron chi connectivity index (χ1n) is 15.8. The molecule has 3 N–H and O–H groups in total. The molecule has 0 aliphatic carbocycles. The van der Waals surface area contributed by atoms with Gasteiger partial charge in [0.05, 0.1) is 42.6 Å². The van der Waals surface area contributed by atoms with Gasteiger partial charge in [0.25, 0.3) is 5.91 Å². The number of methoxy groups -OCH3 is 1. The van der Waals surface area contributed by atoms with Gasteiger partial charge in [0, 0.05) is 68.7 Å². The van der Waals surface area contributed by atoms with E-state index in [-0.39, 0.29) is 25.5 Å². The van der Waals surface area contributed by atoms with E-state index in [0.29, 0.717) is 36.3 Å². The molecule has 0 radical (unpaired) electrons. The van der Waals surface area contributed by atoms with Crippen molar-refractivity contribution in [3.8, 4) is 17.3 Å². The molecule has 0 bridgehead atoms. The highest BCUT2D eigenvalue weighted by molar-refractivity contribution is 6.01. The number of piperidine rings is 1. The number of imidazole rings is 1. The van der Waals surface area contributed by atoms with Crippen LogP contribution in [-0.2, 0) is 19.6 Å². The van der Waals surface area contributed by atoms with E-state index in [1.807, 2.05) is 0 Å². The maximum Gasteiger partial charge on any atom is 0.254 e. The summed E-state index contributed by atoms with van der Waals surface area (Å²) in [5.41, 5.74) is 12.3. The number of aryl methyl sites for hydroxylation is 1. The fourth-order valence-electron chi connectivity index (χ4n) is 7.06. The average molecular weight is 614 g/mol. The highest BCUT2D eigenvalue weighted by atomic mass is 19.1. The third-order valence-electron chi connectivity index (χ3n) is 9.16. The summed E-state index contributed by atoms with van der Waals surface area (Å²) in [4.78, 5) is 22.7. The second kappa shape index (κ2) is 11.9. The number of hydrogen-bond acceptors (Lipinski definition) is 6. The van der Waals surface area contributed by atoms with Crippen LogP contribution in [0.5, 0.6) is 5.75 Å². The largest absolute Gasteiger partial charge is 0.494 e. The summed E-state index contributed by atoms with van der Waals surface area (Å²) in [6.45, 7) is 6.43. The lowest BCUT2D eigenvalue weighted by molar-refractivity contribution is 0.0606. The molecule has 2 atom stereocenters. The number of aromatic nitrogens is 4. The summed E-state index contributed by atoms with van der Waals surface area (Å²) in [5.74, 6) is 1.04. The van der Waals surface area contributed by atoms with Gasteiger partial charge in [-0.3, -0.25) is 4.79 Å². The molecular weight excluding hydrogens is 573 g/mol. The quantitative estimate of drug-likeness (QED) is 0.258. The third kappa shape index (κ3) is 5.23. The molecule has 45 heavy (non-hydrogen) atoms. The average Bonchev–Trinajstić information content (AvgIpc) is 3.76. The number of nitrogens with two attached hydrogens (primary N) is 1. The minimum Gasteiger partial charge on any atom is -0.494 e. The Labute approximate surface area is 261 Å². The van der Waals surface area contributed by atoms with Crippen molar-refractivity contribution in [3.05, 3.63) is 66.0 Å². The molecule has 10 nitrogen and oxygen atoms in total. The summed E-state index contributed by atoms with van der Waals surface area (Å²) in [6, 6.07) is 13.8. The van der Waals surface area contributed by atoms with Crippen LogP contribution in [0.2, 0.25) is 0 Å². The molecule has 5 aromatic rings. The van der Waals surface area contributed by atoms with Gasteiger partial charge in [-0.25, -0.2) is 9.37 Å². The van der Waals surface area contributed by atoms with Crippen LogP contribution in [-0.4, -0.2) is 86.7 Å². The molecule has 0 spiro atoms. The molecule has 2 aromatic carbocycles. The molecule has 0 saturated carbocycles. The number of aliphatic hydroxyl groups is 1. The number of ether oxygens (including phenoxy) is 1. The number of benzene rings is 2. The lowest BCUT2D eigenvalue weighted by Crippen LogP contribution is -2.50. The Morgan fingerprint density at radius 3 is 2.78 bits per heavy atom. The zero-order valence-corrected chi connectivity index (χ0v) is 25.8. The van der Waals surface area contributed by atoms with Gasteiger partial charge in [0.2, 0.25) is 0 Å². The zero-order chi connectivity index (χ0) is 31.2. The van der Waals surface area contributed by atoms with Crippen molar-refractivity contribution in [2.75, 3.05) is 44.8 Å². The second-order valence-corrected chi connectivity index (χ2v) is 12.2. The smallest absolute Gasteiger partial charge is 0.254 e. The molecule has 1 fully saturated rings. The van der Waals surface area contributed by atoms with Gasteiger partial charge < -0.3 is 39.1 Å². The minimum absolute atomic E-state index is 0.0265. The SMILES string of the molecule is CCn1ccc(Cn2c(-c3cc4cccc5c4n3CCN5CCCO)nc3cc(C(=O)N4C[C@H](N)C[C@@H](F)C4)cc(OC)c32)c1. The molecule has 7 rings (SSSR count). The van der Waals surface area contributed by atoms with Crippen molar-refractivity contribution < 1.29 is 19.0 Å². The summed E-state index contributed by atoms with van der Waals surface area (Å²) in [5, 5.41) is 10.6. The Kier molecular flexibility index (Phi) is 7.74.